The zero-order valence-electron chi connectivity index (χ0n) is 22.7. The minimum Gasteiger partial charge on any atom is -0.490 e. The number of nitro benzene ring substituents is 1. The van der Waals surface area contributed by atoms with Crippen molar-refractivity contribution in [1.29, 1.82) is 0 Å². The molecule has 0 amide bonds. The summed E-state index contributed by atoms with van der Waals surface area (Å²) in [5.41, 5.74) is 2.51. The minimum atomic E-state index is -0.497. The third-order valence-electron chi connectivity index (χ3n) is 7.09. The maximum Gasteiger partial charge on any atom is 0.315 e. The van der Waals surface area contributed by atoms with E-state index >= 15 is 0 Å². The van der Waals surface area contributed by atoms with Gasteiger partial charge in [-0.15, -0.1) is 0 Å². The molecule has 0 unspecified atom stereocenters. The Labute approximate surface area is 232 Å². The second-order valence-corrected chi connectivity index (χ2v) is 10.0. The molecular formula is C31H32N4O5. The number of para-hydroxylation sites is 1. The lowest BCUT2D eigenvalue weighted by molar-refractivity contribution is -0.386. The first-order valence-electron chi connectivity index (χ1n) is 13.6. The lowest BCUT2D eigenvalue weighted by Gasteiger charge is -2.22. The summed E-state index contributed by atoms with van der Waals surface area (Å²) < 4.78 is 13.0. The summed E-state index contributed by atoms with van der Waals surface area (Å²) in [5, 5.41) is 17.1. The molecule has 1 aromatic heterocycles. The highest BCUT2D eigenvalue weighted by Gasteiger charge is 2.24. The number of benzene rings is 3. The molecule has 1 fully saturated rings. The van der Waals surface area contributed by atoms with Crippen LogP contribution >= 0.6 is 0 Å². The molecule has 1 aliphatic rings. The summed E-state index contributed by atoms with van der Waals surface area (Å²) in [6.45, 7) is 4.22. The maximum atomic E-state index is 13.5. The Kier molecular flexibility index (Phi) is 8.19. The summed E-state index contributed by atoms with van der Waals surface area (Å²) in [4.78, 5) is 29.9. The van der Waals surface area contributed by atoms with Gasteiger partial charge in [0.15, 0.2) is 5.75 Å². The van der Waals surface area contributed by atoms with Crippen LogP contribution in [0.5, 0.6) is 11.5 Å². The van der Waals surface area contributed by atoms with E-state index in [1.54, 1.807) is 25.1 Å². The predicted octanol–water partition coefficient (Wildman–Crippen LogP) is 6.52. The van der Waals surface area contributed by atoms with Crippen molar-refractivity contribution >= 4 is 22.8 Å². The number of ether oxygens (including phenoxy) is 2. The molecule has 0 radical (unpaired) electrons. The van der Waals surface area contributed by atoms with Crippen LogP contribution in [0, 0.1) is 17.0 Å². The average Bonchev–Trinajstić information content (AvgIpc) is 2.96. The number of nitro groups is 1. The van der Waals surface area contributed by atoms with Crippen LogP contribution in [0.15, 0.2) is 70.6 Å². The molecule has 4 aromatic rings. The lowest BCUT2D eigenvalue weighted by atomic mass is 9.88. The number of aryl methyl sites for hydroxylation is 1. The fourth-order valence-electron chi connectivity index (χ4n) is 5.19. The van der Waals surface area contributed by atoms with Gasteiger partial charge in [-0.25, -0.2) is 4.98 Å². The van der Waals surface area contributed by atoms with Gasteiger partial charge in [-0.1, -0.05) is 61.2 Å². The van der Waals surface area contributed by atoms with E-state index in [1.165, 1.54) is 23.4 Å². The smallest absolute Gasteiger partial charge is 0.315 e. The van der Waals surface area contributed by atoms with E-state index in [1.807, 2.05) is 43.3 Å². The van der Waals surface area contributed by atoms with Crippen molar-refractivity contribution in [2.24, 2.45) is 5.10 Å². The SMILES string of the molecule is CCOc1cc(C=Nn2c(C3CCCCC3)nc3ccccc3c2=O)cc([N+](=O)[O-])c1OCc1cccc(C)c1. The van der Waals surface area contributed by atoms with Crippen LogP contribution in [0.3, 0.4) is 0 Å². The molecule has 1 aliphatic carbocycles. The van der Waals surface area contributed by atoms with Crippen LogP contribution < -0.4 is 15.0 Å². The van der Waals surface area contributed by atoms with E-state index in [0.717, 1.165) is 36.8 Å². The standard InChI is InChI=1S/C31H32N4O5/c1-3-39-28-18-23(17-27(35(37)38)29(28)40-20-22-11-9-10-21(2)16-22)19-32-34-30(24-12-5-4-6-13-24)33-26-15-8-7-14-25(26)31(34)36/h7-11,14-19,24H,3-6,12-13,20H2,1-2H3. The van der Waals surface area contributed by atoms with E-state index in [-0.39, 0.29) is 35.3 Å². The number of aromatic nitrogens is 2. The molecule has 0 atom stereocenters. The van der Waals surface area contributed by atoms with Gasteiger partial charge in [0.2, 0.25) is 5.75 Å². The molecule has 9 heteroatoms. The van der Waals surface area contributed by atoms with Gasteiger partial charge in [0, 0.05) is 17.5 Å². The number of hydrogen-bond donors (Lipinski definition) is 0. The number of hydrogen-bond acceptors (Lipinski definition) is 7. The van der Waals surface area contributed by atoms with Gasteiger partial charge in [-0.05, 0) is 50.5 Å². The van der Waals surface area contributed by atoms with Crippen molar-refractivity contribution in [2.45, 2.75) is 58.5 Å². The Balaban J connectivity index is 1.55. The predicted molar refractivity (Wildman–Crippen MR) is 155 cm³/mol. The second-order valence-electron chi connectivity index (χ2n) is 10.0. The number of fused-ring (bicyclic) bond motifs is 1. The molecule has 0 bridgehead atoms. The van der Waals surface area contributed by atoms with Crippen molar-refractivity contribution in [2.75, 3.05) is 6.61 Å². The van der Waals surface area contributed by atoms with Crippen LogP contribution in [0.1, 0.15) is 67.5 Å². The van der Waals surface area contributed by atoms with Crippen LogP contribution in [-0.4, -0.2) is 27.4 Å². The first-order chi connectivity index (χ1) is 19.4. The Morgan fingerprint density at radius 3 is 2.62 bits per heavy atom. The summed E-state index contributed by atoms with van der Waals surface area (Å²) in [6, 6.07) is 18.0. The van der Waals surface area contributed by atoms with Gasteiger partial charge < -0.3 is 9.47 Å². The molecule has 40 heavy (non-hydrogen) atoms. The Morgan fingerprint density at radius 2 is 1.88 bits per heavy atom. The van der Waals surface area contributed by atoms with Gasteiger partial charge in [-0.3, -0.25) is 14.9 Å². The van der Waals surface area contributed by atoms with E-state index in [9.17, 15) is 14.9 Å². The maximum absolute atomic E-state index is 13.5. The van der Waals surface area contributed by atoms with E-state index in [4.69, 9.17) is 14.5 Å². The number of nitrogens with zero attached hydrogens (tertiary/aromatic N) is 4. The molecular weight excluding hydrogens is 508 g/mol. The molecule has 3 aromatic carbocycles. The zero-order chi connectivity index (χ0) is 28.1. The molecule has 1 saturated carbocycles. The molecule has 9 nitrogen and oxygen atoms in total. The Bertz CT molecular complexity index is 1620. The molecule has 0 saturated heterocycles. The zero-order valence-corrected chi connectivity index (χ0v) is 22.7. The monoisotopic (exact) mass is 540 g/mol. The molecule has 206 valence electrons. The van der Waals surface area contributed by atoms with Crippen molar-refractivity contribution in [1.82, 2.24) is 9.66 Å². The summed E-state index contributed by atoms with van der Waals surface area (Å²) in [6.07, 6.45) is 6.64. The van der Waals surface area contributed by atoms with Crippen molar-refractivity contribution in [3.63, 3.8) is 0 Å². The molecule has 5 rings (SSSR count). The third-order valence-corrected chi connectivity index (χ3v) is 7.09. The largest absolute Gasteiger partial charge is 0.490 e. The van der Waals surface area contributed by atoms with Crippen LogP contribution in [-0.2, 0) is 6.61 Å². The van der Waals surface area contributed by atoms with Crippen molar-refractivity contribution in [3.05, 3.63) is 104 Å². The molecule has 0 N–H and O–H groups in total. The van der Waals surface area contributed by atoms with Gasteiger partial charge >= 0.3 is 5.69 Å². The summed E-state index contributed by atoms with van der Waals surface area (Å²) in [7, 11) is 0. The lowest BCUT2D eigenvalue weighted by Crippen LogP contribution is -2.25. The van der Waals surface area contributed by atoms with E-state index in [2.05, 4.69) is 5.10 Å². The van der Waals surface area contributed by atoms with Gasteiger partial charge in [0.25, 0.3) is 5.56 Å². The van der Waals surface area contributed by atoms with Crippen LogP contribution in [0.25, 0.3) is 10.9 Å². The molecule has 0 spiro atoms. The summed E-state index contributed by atoms with van der Waals surface area (Å²) in [5.74, 6) is 1.03. The first-order valence-corrected chi connectivity index (χ1v) is 13.6. The highest BCUT2D eigenvalue weighted by Crippen LogP contribution is 2.39. The Morgan fingerprint density at radius 1 is 1.07 bits per heavy atom. The first kappa shape index (κ1) is 27.1. The highest BCUT2D eigenvalue weighted by molar-refractivity contribution is 5.83. The minimum absolute atomic E-state index is 0.0536. The fraction of sp³-hybridized carbons (Fsp3) is 0.323. The number of rotatable bonds is 9. The van der Waals surface area contributed by atoms with Crippen molar-refractivity contribution < 1.29 is 14.4 Å². The normalized spacial score (nSPS) is 14.1. The molecule has 1 heterocycles. The highest BCUT2D eigenvalue weighted by atomic mass is 16.6. The Hall–Kier alpha value is -4.53. The third kappa shape index (κ3) is 5.88. The quantitative estimate of drug-likeness (QED) is 0.136. The summed E-state index contributed by atoms with van der Waals surface area (Å²) >= 11 is 0. The van der Waals surface area contributed by atoms with Gasteiger partial charge in [0.1, 0.15) is 12.4 Å². The van der Waals surface area contributed by atoms with Gasteiger partial charge in [-0.2, -0.15) is 9.78 Å². The second kappa shape index (κ2) is 12.1. The topological polar surface area (TPSA) is 109 Å². The van der Waals surface area contributed by atoms with Crippen LogP contribution in [0.4, 0.5) is 5.69 Å². The van der Waals surface area contributed by atoms with E-state index < -0.39 is 4.92 Å². The van der Waals surface area contributed by atoms with Gasteiger partial charge in [0.05, 0.1) is 28.6 Å². The van der Waals surface area contributed by atoms with Crippen molar-refractivity contribution in [3.8, 4) is 11.5 Å². The molecule has 0 aliphatic heterocycles. The fourth-order valence-corrected chi connectivity index (χ4v) is 5.19. The van der Waals surface area contributed by atoms with E-state index in [0.29, 0.717) is 28.9 Å². The van der Waals surface area contributed by atoms with Crippen LogP contribution in [0.2, 0.25) is 0 Å². The average molecular weight is 541 g/mol.